The van der Waals surface area contributed by atoms with Crippen molar-refractivity contribution in [3.05, 3.63) is 41.5 Å². The van der Waals surface area contributed by atoms with Crippen molar-refractivity contribution in [1.82, 2.24) is 0 Å². The van der Waals surface area contributed by atoms with E-state index in [0.717, 1.165) is 0 Å². The average Bonchev–Trinajstić information content (AvgIpc) is 2.90. The molecule has 1 aromatic carbocycles. The van der Waals surface area contributed by atoms with Crippen LogP contribution >= 0.6 is 0 Å². The molecule has 0 spiro atoms. The summed E-state index contributed by atoms with van der Waals surface area (Å²) in [5.41, 5.74) is 2.35. The number of allylic oxidation sites excluding steroid dienone is 2. The van der Waals surface area contributed by atoms with Gasteiger partial charge in [-0.05, 0) is 36.8 Å². The highest BCUT2D eigenvalue weighted by Crippen LogP contribution is 2.59. The Balaban J connectivity index is 2.18. The predicted molar refractivity (Wildman–Crippen MR) is 93.8 cm³/mol. The molecular formula is C18H25NO3S. The molecule has 0 radical (unpaired) electrons. The first-order valence-electron chi connectivity index (χ1n) is 7.74. The average molecular weight is 335 g/mol. The Labute approximate surface area is 138 Å². The van der Waals surface area contributed by atoms with E-state index < -0.39 is 9.84 Å². The molecule has 5 heteroatoms. The Morgan fingerprint density at radius 2 is 1.87 bits per heavy atom. The Kier molecular flexibility index (Phi) is 4.71. The van der Waals surface area contributed by atoms with Gasteiger partial charge < -0.3 is 5.32 Å². The van der Waals surface area contributed by atoms with Crippen LogP contribution in [0.15, 0.2) is 35.9 Å². The van der Waals surface area contributed by atoms with Crippen molar-refractivity contribution in [2.24, 2.45) is 17.3 Å². The molecular weight excluding hydrogens is 310 g/mol. The lowest BCUT2D eigenvalue weighted by Gasteiger charge is -2.11. The fourth-order valence-corrected chi connectivity index (χ4v) is 3.93. The van der Waals surface area contributed by atoms with Gasteiger partial charge in [0, 0.05) is 11.9 Å². The maximum atomic E-state index is 12.6. The van der Waals surface area contributed by atoms with Crippen LogP contribution in [-0.2, 0) is 20.4 Å². The van der Waals surface area contributed by atoms with E-state index >= 15 is 0 Å². The third kappa shape index (κ3) is 4.22. The third-order valence-corrected chi connectivity index (χ3v) is 5.23. The van der Waals surface area contributed by atoms with E-state index in [4.69, 9.17) is 0 Å². The van der Waals surface area contributed by atoms with E-state index in [1.54, 1.807) is 24.3 Å². The number of carbonyl (C=O) groups excluding carboxylic acids is 1. The summed E-state index contributed by atoms with van der Waals surface area (Å²) in [6.45, 7) is 8.24. The van der Waals surface area contributed by atoms with Gasteiger partial charge in [-0.15, -0.1) is 0 Å². The van der Waals surface area contributed by atoms with Gasteiger partial charge in [-0.1, -0.05) is 43.7 Å². The lowest BCUT2D eigenvalue weighted by Crippen LogP contribution is -2.18. The fraction of sp³-hybridized carbons (Fsp3) is 0.500. The van der Waals surface area contributed by atoms with E-state index in [1.165, 1.54) is 11.8 Å². The van der Waals surface area contributed by atoms with Crippen molar-refractivity contribution < 1.29 is 13.2 Å². The van der Waals surface area contributed by atoms with Crippen LogP contribution in [-0.4, -0.2) is 20.6 Å². The van der Waals surface area contributed by atoms with Crippen LogP contribution < -0.4 is 5.32 Å². The Hall–Kier alpha value is -1.62. The number of sulfone groups is 1. The number of benzene rings is 1. The number of anilines is 1. The van der Waals surface area contributed by atoms with E-state index in [2.05, 4.69) is 25.2 Å². The molecule has 23 heavy (non-hydrogen) atoms. The highest BCUT2D eigenvalue weighted by atomic mass is 32.2. The largest absolute Gasteiger partial charge is 0.326 e. The Bertz CT molecular complexity index is 743. The number of carbonyl (C=O) groups is 1. The van der Waals surface area contributed by atoms with E-state index in [1.807, 2.05) is 13.8 Å². The molecule has 0 aromatic heterocycles. The van der Waals surface area contributed by atoms with Crippen LogP contribution in [0.25, 0.3) is 0 Å². The number of amides is 1. The summed E-state index contributed by atoms with van der Waals surface area (Å²) in [6.07, 6.45) is 3.34. The summed E-state index contributed by atoms with van der Waals surface area (Å²) in [7, 11) is -3.15. The van der Waals surface area contributed by atoms with E-state index in [9.17, 15) is 13.2 Å². The minimum absolute atomic E-state index is 0.0431. The van der Waals surface area contributed by atoms with Crippen LogP contribution in [0.4, 0.5) is 5.69 Å². The first-order chi connectivity index (χ1) is 10.5. The zero-order valence-electron chi connectivity index (χ0n) is 14.4. The van der Waals surface area contributed by atoms with Gasteiger partial charge in [0.15, 0.2) is 9.84 Å². The molecule has 1 N–H and O–H groups in total. The lowest BCUT2D eigenvalue weighted by molar-refractivity contribution is -0.118. The molecule has 0 bridgehead atoms. The lowest BCUT2D eigenvalue weighted by atomic mass is 10.1. The summed E-state index contributed by atoms with van der Waals surface area (Å²) in [6, 6.07) is 7.07. The Morgan fingerprint density at radius 1 is 1.26 bits per heavy atom. The normalized spacial score (nSPS) is 22.3. The number of rotatable bonds is 5. The zero-order valence-corrected chi connectivity index (χ0v) is 15.2. The molecule has 1 aromatic rings. The maximum absolute atomic E-state index is 12.6. The summed E-state index contributed by atoms with van der Waals surface area (Å²) in [5, 5.41) is 2.92. The van der Waals surface area contributed by atoms with Crippen molar-refractivity contribution in [1.29, 1.82) is 0 Å². The summed E-state index contributed by atoms with van der Waals surface area (Å²) in [5.74, 6) is 0.0336. The molecule has 2 atom stereocenters. The minimum atomic E-state index is -3.15. The molecule has 4 nitrogen and oxygen atoms in total. The fourth-order valence-electron chi connectivity index (χ4n) is 3.11. The van der Waals surface area contributed by atoms with Crippen molar-refractivity contribution >= 4 is 21.4 Å². The first-order valence-corrected chi connectivity index (χ1v) is 9.80. The van der Waals surface area contributed by atoms with Crippen LogP contribution in [0.3, 0.4) is 0 Å². The van der Waals surface area contributed by atoms with Gasteiger partial charge in [-0.3, -0.25) is 4.79 Å². The first kappa shape index (κ1) is 17.7. The van der Waals surface area contributed by atoms with Crippen molar-refractivity contribution in [2.75, 3.05) is 11.6 Å². The highest BCUT2D eigenvalue weighted by molar-refractivity contribution is 7.89. The standard InChI is InChI=1S/C18H25NO3S/c1-12(2)10-14-16(18(14,3)4)17(20)19-15-9-7-6-8-13(15)11-23(5,21)22/h6-10,14,16H,11H2,1-5H3,(H,19,20)/t14-,16-/m0/s1. The molecule has 1 saturated carbocycles. The van der Waals surface area contributed by atoms with Gasteiger partial charge >= 0.3 is 0 Å². The van der Waals surface area contributed by atoms with Gasteiger partial charge in [0.05, 0.1) is 11.7 Å². The van der Waals surface area contributed by atoms with Crippen LogP contribution in [0.5, 0.6) is 0 Å². The summed E-state index contributed by atoms with van der Waals surface area (Å²) >= 11 is 0. The molecule has 0 heterocycles. The smallest absolute Gasteiger partial charge is 0.228 e. The molecule has 126 valence electrons. The van der Waals surface area contributed by atoms with Gasteiger partial charge in [0.1, 0.15) is 0 Å². The van der Waals surface area contributed by atoms with Crippen LogP contribution in [0.2, 0.25) is 0 Å². The number of hydrogen-bond donors (Lipinski definition) is 1. The molecule has 1 fully saturated rings. The second-order valence-electron chi connectivity index (χ2n) is 7.29. The van der Waals surface area contributed by atoms with Crippen molar-refractivity contribution in [3.63, 3.8) is 0 Å². The number of nitrogens with one attached hydrogen (secondary N) is 1. The SMILES string of the molecule is CC(C)=C[C@H]1[C@@H](C(=O)Nc2ccccc2CS(C)(=O)=O)C1(C)C. The monoisotopic (exact) mass is 335 g/mol. The second kappa shape index (κ2) is 6.11. The topological polar surface area (TPSA) is 63.2 Å². The molecule has 1 aliphatic carbocycles. The van der Waals surface area contributed by atoms with Crippen LogP contribution in [0.1, 0.15) is 33.3 Å². The van der Waals surface area contributed by atoms with Crippen molar-refractivity contribution in [3.8, 4) is 0 Å². The highest BCUT2D eigenvalue weighted by Gasteiger charge is 2.60. The third-order valence-electron chi connectivity index (χ3n) is 4.40. The van der Waals surface area contributed by atoms with Gasteiger partial charge in [0.2, 0.25) is 5.91 Å². The summed E-state index contributed by atoms with van der Waals surface area (Å²) < 4.78 is 23.1. The molecule has 0 aliphatic heterocycles. The van der Waals surface area contributed by atoms with Gasteiger partial charge in [-0.2, -0.15) is 0 Å². The molecule has 1 aliphatic rings. The zero-order chi connectivity index (χ0) is 17.4. The van der Waals surface area contributed by atoms with Crippen LogP contribution in [0, 0.1) is 17.3 Å². The van der Waals surface area contributed by atoms with Gasteiger partial charge in [-0.25, -0.2) is 8.42 Å². The Morgan fingerprint density at radius 3 is 2.43 bits per heavy atom. The predicted octanol–water partition coefficient (Wildman–Crippen LogP) is 3.41. The number of para-hydroxylation sites is 1. The van der Waals surface area contributed by atoms with Gasteiger partial charge in [0.25, 0.3) is 0 Å². The minimum Gasteiger partial charge on any atom is -0.326 e. The molecule has 1 amide bonds. The molecule has 2 rings (SSSR count). The molecule has 0 unspecified atom stereocenters. The number of hydrogen-bond acceptors (Lipinski definition) is 3. The maximum Gasteiger partial charge on any atom is 0.228 e. The second-order valence-corrected chi connectivity index (χ2v) is 9.43. The van der Waals surface area contributed by atoms with E-state index in [0.29, 0.717) is 11.3 Å². The summed E-state index contributed by atoms with van der Waals surface area (Å²) in [4.78, 5) is 12.6. The quantitative estimate of drug-likeness (QED) is 0.839. The van der Waals surface area contributed by atoms with Crippen molar-refractivity contribution in [2.45, 2.75) is 33.4 Å². The van der Waals surface area contributed by atoms with E-state index in [-0.39, 0.29) is 28.9 Å². The molecule has 0 saturated heterocycles.